The van der Waals surface area contributed by atoms with Crippen molar-refractivity contribution in [1.82, 2.24) is 0 Å². The minimum absolute atomic E-state index is 0.266. The van der Waals surface area contributed by atoms with Crippen LogP contribution in [0.4, 0.5) is 10.1 Å². The zero-order valence-electron chi connectivity index (χ0n) is 18.1. The van der Waals surface area contributed by atoms with Gasteiger partial charge in [0, 0.05) is 29.2 Å². The summed E-state index contributed by atoms with van der Waals surface area (Å²) >= 11 is 0. The third-order valence-corrected chi connectivity index (χ3v) is 5.43. The Hall–Kier alpha value is -4.06. The number of carbonyl (C=O) groups excluding carboxylic acids is 1. The second-order valence-electron chi connectivity index (χ2n) is 7.66. The lowest BCUT2D eigenvalue weighted by atomic mass is 10.0. The van der Waals surface area contributed by atoms with Crippen LogP contribution >= 0.6 is 0 Å². The van der Waals surface area contributed by atoms with E-state index < -0.39 is 5.97 Å². The van der Waals surface area contributed by atoms with Gasteiger partial charge in [0.15, 0.2) is 0 Å². The van der Waals surface area contributed by atoms with Gasteiger partial charge in [-0.05, 0) is 73.5 Å². The van der Waals surface area contributed by atoms with Gasteiger partial charge in [-0.2, -0.15) is 0 Å². The van der Waals surface area contributed by atoms with Crippen molar-refractivity contribution in [2.45, 2.75) is 13.3 Å². The lowest BCUT2D eigenvalue weighted by Gasteiger charge is -2.07. The molecular formula is C27H22FNO4. The molecule has 1 aliphatic rings. The van der Waals surface area contributed by atoms with Crippen LogP contribution < -0.4 is 10.1 Å². The second kappa shape index (κ2) is 8.82. The summed E-state index contributed by atoms with van der Waals surface area (Å²) in [7, 11) is 0. The Kier molecular flexibility index (Phi) is 5.57. The summed E-state index contributed by atoms with van der Waals surface area (Å²) in [5.74, 6) is 0.809. The van der Waals surface area contributed by atoms with Crippen LogP contribution in [0.3, 0.4) is 0 Å². The minimum Gasteiger partial charge on any atom is -0.462 e. The number of halogens is 1. The number of furan rings is 1. The molecule has 1 N–H and O–H groups in total. The molecule has 0 amide bonds. The maximum atomic E-state index is 13.1. The fraction of sp³-hybridized carbons (Fsp3) is 0.148. The molecule has 2 heterocycles. The number of benzene rings is 3. The van der Waals surface area contributed by atoms with E-state index >= 15 is 0 Å². The van der Waals surface area contributed by atoms with Crippen molar-refractivity contribution < 1.29 is 23.1 Å². The van der Waals surface area contributed by atoms with Crippen molar-refractivity contribution in [1.29, 1.82) is 0 Å². The summed E-state index contributed by atoms with van der Waals surface area (Å²) in [6.07, 6.45) is 5.09. The lowest BCUT2D eigenvalue weighted by Crippen LogP contribution is -2.05. The SMILES string of the molecule is CCOC(=O)c1c(-c2ccc(Oc3ccc(F)cc3)cc2)oc2cc3c(cc12)C=CCCN3. The number of rotatable bonds is 5. The van der Waals surface area contributed by atoms with Gasteiger partial charge in [0.2, 0.25) is 0 Å². The minimum atomic E-state index is -0.427. The molecule has 0 atom stereocenters. The molecular weight excluding hydrogens is 421 g/mol. The first-order valence-electron chi connectivity index (χ1n) is 10.8. The number of carbonyl (C=O) groups is 1. The van der Waals surface area contributed by atoms with Crippen LogP contribution in [-0.4, -0.2) is 19.1 Å². The number of anilines is 1. The highest BCUT2D eigenvalue weighted by molar-refractivity contribution is 6.10. The quantitative estimate of drug-likeness (QED) is 0.335. The Bertz CT molecular complexity index is 1340. The first-order chi connectivity index (χ1) is 16.1. The summed E-state index contributed by atoms with van der Waals surface area (Å²) in [4.78, 5) is 12.9. The molecule has 0 spiro atoms. The lowest BCUT2D eigenvalue weighted by molar-refractivity contribution is 0.0528. The summed E-state index contributed by atoms with van der Waals surface area (Å²) in [6.45, 7) is 2.88. The van der Waals surface area contributed by atoms with Crippen molar-refractivity contribution in [3.8, 4) is 22.8 Å². The molecule has 0 unspecified atom stereocenters. The molecule has 3 aromatic carbocycles. The third-order valence-electron chi connectivity index (χ3n) is 5.43. The molecule has 0 fully saturated rings. The Balaban J connectivity index is 1.55. The molecule has 1 aliphatic heterocycles. The molecule has 1 aromatic heterocycles. The molecule has 5 nitrogen and oxygen atoms in total. The molecule has 4 aromatic rings. The molecule has 0 bridgehead atoms. The van der Waals surface area contributed by atoms with Crippen molar-refractivity contribution in [3.05, 3.63) is 83.7 Å². The summed E-state index contributed by atoms with van der Waals surface area (Å²) in [5.41, 5.74) is 3.70. The van der Waals surface area contributed by atoms with E-state index in [9.17, 15) is 9.18 Å². The van der Waals surface area contributed by atoms with E-state index in [1.807, 2.05) is 24.3 Å². The van der Waals surface area contributed by atoms with Gasteiger partial charge in [0.1, 0.15) is 34.2 Å². The largest absolute Gasteiger partial charge is 0.462 e. The number of fused-ring (bicyclic) bond motifs is 2. The van der Waals surface area contributed by atoms with Gasteiger partial charge in [0.05, 0.1) is 6.61 Å². The van der Waals surface area contributed by atoms with Gasteiger partial charge >= 0.3 is 5.97 Å². The zero-order valence-corrected chi connectivity index (χ0v) is 18.1. The fourth-order valence-corrected chi connectivity index (χ4v) is 3.87. The first kappa shape index (κ1) is 20.8. The van der Waals surface area contributed by atoms with Gasteiger partial charge in [-0.25, -0.2) is 9.18 Å². The highest BCUT2D eigenvalue weighted by Gasteiger charge is 2.24. The monoisotopic (exact) mass is 443 g/mol. The number of hydrogen-bond acceptors (Lipinski definition) is 5. The average Bonchev–Trinajstić information content (AvgIpc) is 3.03. The third kappa shape index (κ3) is 4.20. The number of nitrogens with one attached hydrogen (secondary N) is 1. The molecule has 0 aliphatic carbocycles. The van der Waals surface area contributed by atoms with Gasteiger partial charge in [-0.15, -0.1) is 0 Å². The maximum absolute atomic E-state index is 13.1. The standard InChI is InChI=1S/C27H22FNO4/c1-2-31-27(30)25-22-15-18-5-3-4-14-29-23(18)16-24(22)33-26(25)17-6-10-20(11-7-17)32-21-12-8-19(28)9-13-21/h3,5-13,15-16,29H,2,4,14H2,1H3. The van der Waals surface area contributed by atoms with E-state index in [2.05, 4.69) is 17.5 Å². The van der Waals surface area contributed by atoms with Crippen molar-refractivity contribution in [2.24, 2.45) is 0 Å². The predicted molar refractivity (Wildman–Crippen MR) is 126 cm³/mol. The molecule has 166 valence electrons. The number of esters is 1. The van der Waals surface area contributed by atoms with E-state index in [0.717, 1.165) is 29.8 Å². The van der Waals surface area contributed by atoms with Gasteiger partial charge in [-0.1, -0.05) is 12.2 Å². The normalized spacial score (nSPS) is 12.7. The van der Waals surface area contributed by atoms with Gasteiger partial charge < -0.3 is 19.2 Å². The molecule has 5 rings (SSSR count). The molecule has 6 heteroatoms. The number of ether oxygens (including phenoxy) is 2. The zero-order chi connectivity index (χ0) is 22.8. The summed E-state index contributed by atoms with van der Waals surface area (Å²) < 4.78 is 30.4. The van der Waals surface area contributed by atoms with E-state index in [1.165, 1.54) is 12.1 Å². The van der Waals surface area contributed by atoms with Crippen LogP contribution in [0.25, 0.3) is 28.4 Å². The highest BCUT2D eigenvalue weighted by Crippen LogP contribution is 2.38. The maximum Gasteiger partial charge on any atom is 0.342 e. The molecule has 0 saturated heterocycles. The van der Waals surface area contributed by atoms with E-state index in [0.29, 0.717) is 33.8 Å². The Morgan fingerprint density at radius 3 is 2.52 bits per heavy atom. The highest BCUT2D eigenvalue weighted by atomic mass is 19.1. The van der Waals surface area contributed by atoms with E-state index in [1.54, 1.807) is 31.2 Å². The van der Waals surface area contributed by atoms with Crippen LogP contribution in [0, 0.1) is 5.82 Å². The van der Waals surface area contributed by atoms with Gasteiger partial charge in [0.25, 0.3) is 0 Å². The topological polar surface area (TPSA) is 60.7 Å². The summed E-state index contributed by atoms with van der Waals surface area (Å²) in [6, 6.07) is 16.9. The summed E-state index contributed by atoms with van der Waals surface area (Å²) in [5, 5.41) is 4.11. The molecule has 0 radical (unpaired) electrons. The molecule has 0 saturated carbocycles. The Morgan fingerprint density at radius 1 is 1.06 bits per heavy atom. The van der Waals surface area contributed by atoms with E-state index in [-0.39, 0.29) is 12.4 Å². The van der Waals surface area contributed by atoms with Crippen LogP contribution in [0.1, 0.15) is 29.3 Å². The second-order valence-corrected chi connectivity index (χ2v) is 7.66. The predicted octanol–water partition coefficient (Wildman–Crippen LogP) is 7.04. The number of hydrogen-bond donors (Lipinski definition) is 1. The van der Waals surface area contributed by atoms with Crippen LogP contribution in [0.5, 0.6) is 11.5 Å². The van der Waals surface area contributed by atoms with Gasteiger partial charge in [-0.3, -0.25) is 0 Å². The fourth-order valence-electron chi connectivity index (χ4n) is 3.87. The molecule has 33 heavy (non-hydrogen) atoms. The van der Waals surface area contributed by atoms with E-state index in [4.69, 9.17) is 13.9 Å². The Morgan fingerprint density at radius 2 is 1.79 bits per heavy atom. The Labute approximate surface area is 190 Å². The van der Waals surface area contributed by atoms with Crippen LogP contribution in [-0.2, 0) is 4.74 Å². The van der Waals surface area contributed by atoms with Crippen molar-refractivity contribution >= 4 is 28.7 Å². The average molecular weight is 443 g/mol. The van der Waals surface area contributed by atoms with Crippen molar-refractivity contribution in [2.75, 3.05) is 18.5 Å². The first-order valence-corrected chi connectivity index (χ1v) is 10.8. The van der Waals surface area contributed by atoms with Crippen molar-refractivity contribution in [3.63, 3.8) is 0 Å². The van der Waals surface area contributed by atoms with Crippen LogP contribution in [0.2, 0.25) is 0 Å². The smallest absolute Gasteiger partial charge is 0.342 e. The van der Waals surface area contributed by atoms with Crippen LogP contribution in [0.15, 0.2) is 71.2 Å².